The highest BCUT2D eigenvalue weighted by Gasteiger charge is 2.28. The SMILES string of the molecule is Cc1cc(C)c(-[n+]2cc(-c3c[n+](-c4c(C)cc(C)cc4C)nn3C)n(C)n2)c(C)c1.F[B-](F)(F)F.F[B-](F)(F)F. The molecule has 2 heterocycles. The largest absolute Gasteiger partial charge is 0.673 e. The van der Waals surface area contributed by atoms with Crippen molar-refractivity contribution in [2.45, 2.75) is 41.5 Å². The predicted molar refractivity (Wildman–Crippen MR) is 137 cm³/mol. The summed E-state index contributed by atoms with van der Waals surface area (Å²) < 4.78 is 85.8. The summed E-state index contributed by atoms with van der Waals surface area (Å²) in [4.78, 5) is 0. The topological polar surface area (TPSA) is 43.4 Å². The maximum absolute atomic E-state index is 9.75. The first-order chi connectivity index (χ1) is 18.2. The fourth-order valence-corrected chi connectivity index (χ4v) is 4.59. The molecule has 0 fully saturated rings. The minimum absolute atomic E-state index is 1.01. The molecule has 6 nitrogen and oxygen atoms in total. The Hall–Kier alpha value is -3.71. The number of benzene rings is 2. The molecule has 0 amide bonds. The van der Waals surface area contributed by atoms with Crippen molar-refractivity contribution in [3.8, 4) is 22.8 Å². The molecule has 0 aliphatic heterocycles. The number of halogens is 8. The summed E-state index contributed by atoms with van der Waals surface area (Å²) in [5, 5.41) is 9.52. The van der Waals surface area contributed by atoms with Crippen LogP contribution in [-0.4, -0.2) is 34.3 Å². The molecular weight excluding hydrogens is 546 g/mol. The summed E-state index contributed by atoms with van der Waals surface area (Å²) in [7, 11) is -8.05. The number of rotatable bonds is 3. The summed E-state index contributed by atoms with van der Waals surface area (Å²) in [6, 6.07) is 8.80. The summed E-state index contributed by atoms with van der Waals surface area (Å²) in [5.41, 5.74) is 11.7. The minimum Gasteiger partial charge on any atom is -0.418 e. The molecular formula is C24H30B2F8N6. The zero-order chi connectivity index (χ0) is 30.7. The van der Waals surface area contributed by atoms with Crippen LogP contribution in [0, 0.1) is 41.5 Å². The second kappa shape index (κ2) is 12.2. The first-order valence-electron chi connectivity index (χ1n) is 12.0. The zero-order valence-corrected chi connectivity index (χ0v) is 23.3. The molecule has 0 spiro atoms. The van der Waals surface area contributed by atoms with Gasteiger partial charge < -0.3 is 34.5 Å². The van der Waals surface area contributed by atoms with Crippen molar-refractivity contribution in [1.82, 2.24) is 19.8 Å². The van der Waals surface area contributed by atoms with Gasteiger partial charge in [0.05, 0.1) is 10.4 Å². The van der Waals surface area contributed by atoms with Crippen LogP contribution in [0.4, 0.5) is 34.5 Å². The molecule has 0 radical (unpaired) electrons. The van der Waals surface area contributed by atoms with Crippen LogP contribution in [0.25, 0.3) is 22.8 Å². The van der Waals surface area contributed by atoms with Crippen molar-refractivity contribution < 1.29 is 43.9 Å². The quantitative estimate of drug-likeness (QED) is 0.175. The number of hydrogen-bond acceptors (Lipinski definition) is 2. The molecule has 4 rings (SSSR count). The maximum atomic E-state index is 9.75. The van der Waals surface area contributed by atoms with E-state index >= 15 is 0 Å². The Bertz CT molecular complexity index is 1320. The van der Waals surface area contributed by atoms with Gasteiger partial charge >= 0.3 is 14.5 Å². The summed E-state index contributed by atoms with van der Waals surface area (Å²) in [5.74, 6) is 0. The summed E-state index contributed by atoms with van der Waals surface area (Å²) in [6.45, 7) is 12.8. The molecule has 2 aromatic carbocycles. The first-order valence-corrected chi connectivity index (χ1v) is 12.0. The fraction of sp³-hybridized carbons (Fsp3) is 0.333. The average molecular weight is 576 g/mol. The van der Waals surface area contributed by atoms with E-state index in [0.29, 0.717) is 0 Å². The zero-order valence-electron chi connectivity index (χ0n) is 23.3. The van der Waals surface area contributed by atoms with Crippen molar-refractivity contribution in [3.05, 3.63) is 70.0 Å². The molecule has 0 bridgehead atoms. The van der Waals surface area contributed by atoms with Crippen molar-refractivity contribution in [2.75, 3.05) is 0 Å². The third-order valence-corrected chi connectivity index (χ3v) is 5.64. The van der Waals surface area contributed by atoms with Gasteiger partial charge in [-0.1, -0.05) is 35.4 Å². The van der Waals surface area contributed by atoms with E-state index in [9.17, 15) is 34.5 Å². The first kappa shape index (κ1) is 32.5. The lowest BCUT2D eigenvalue weighted by Crippen LogP contribution is -2.35. The molecule has 0 atom stereocenters. The van der Waals surface area contributed by atoms with Crippen molar-refractivity contribution in [2.24, 2.45) is 14.1 Å². The van der Waals surface area contributed by atoms with Gasteiger partial charge in [-0.25, -0.2) is 0 Å². The van der Waals surface area contributed by atoms with Gasteiger partial charge in [0.2, 0.25) is 11.4 Å². The van der Waals surface area contributed by atoms with Crippen LogP contribution in [0.2, 0.25) is 0 Å². The highest BCUT2D eigenvalue weighted by Crippen LogP contribution is 2.21. The van der Waals surface area contributed by atoms with E-state index < -0.39 is 14.5 Å². The van der Waals surface area contributed by atoms with Gasteiger partial charge in [0.15, 0.2) is 23.8 Å². The van der Waals surface area contributed by atoms with Gasteiger partial charge in [-0.3, -0.25) is 0 Å². The third kappa shape index (κ3) is 9.19. The normalized spacial score (nSPS) is 11.5. The Morgan fingerprint density at radius 3 is 0.975 bits per heavy atom. The Morgan fingerprint density at radius 1 is 0.525 bits per heavy atom. The van der Waals surface area contributed by atoms with Crippen molar-refractivity contribution in [3.63, 3.8) is 0 Å². The minimum atomic E-state index is -6.00. The van der Waals surface area contributed by atoms with E-state index in [1.54, 1.807) is 0 Å². The Morgan fingerprint density at radius 2 is 0.750 bits per heavy atom. The molecule has 0 aliphatic rings. The molecule has 218 valence electrons. The highest BCUT2D eigenvalue weighted by molar-refractivity contribution is 6.50. The van der Waals surface area contributed by atoms with Crippen LogP contribution in [0.1, 0.15) is 33.4 Å². The standard InChI is InChI=1S/C24H30N6.2BF4/c1-15-9-17(3)23(18(4)10-15)29-13-21(27(7)25-29)22-14-30(26-28(22)8)24-19(5)11-16(2)12-20(24)6;2*2-1(3,4)5/h9-14H,1-8H3;;/q+2;2*-1. The molecule has 0 saturated carbocycles. The molecule has 2 aromatic heterocycles. The molecule has 0 aliphatic carbocycles. The van der Waals surface area contributed by atoms with E-state index in [4.69, 9.17) is 10.4 Å². The van der Waals surface area contributed by atoms with Gasteiger partial charge in [-0.05, 0) is 63.8 Å². The van der Waals surface area contributed by atoms with E-state index in [-0.39, 0.29) is 0 Å². The lowest BCUT2D eigenvalue weighted by molar-refractivity contribution is -0.662. The Kier molecular flexibility index (Phi) is 9.92. The third-order valence-electron chi connectivity index (χ3n) is 5.64. The van der Waals surface area contributed by atoms with E-state index in [2.05, 4.69) is 78.2 Å². The maximum Gasteiger partial charge on any atom is 0.673 e. The molecule has 40 heavy (non-hydrogen) atoms. The number of nitrogens with zero attached hydrogens (tertiary/aromatic N) is 6. The van der Waals surface area contributed by atoms with Crippen LogP contribution < -0.4 is 9.36 Å². The average Bonchev–Trinajstić information content (AvgIpc) is 3.26. The molecule has 0 saturated heterocycles. The Labute approximate surface area is 227 Å². The van der Waals surface area contributed by atoms with Gasteiger partial charge in [0, 0.05) is 0 Å². The Balaban J connectivity index is 0.000000482. The van der Waals surface area contributed by atoms with E-state index in [1.165, 1.54) is 33.4 Å². The van der Waals surface area contributed by atoms with Gasteiger partial charge in [0.25, 0.3) is 0 Å². The second-order valence-corrected chi connectivity index (χ2v) is 9.43. The van der Waals surface area contributed by atoms with Gasteiger partial charge in [-0.2, -0.15) is 0 Å². The van der Waals surface area contributed by atoms with Crippen molar-refractivity contribution in [1.29, 1.82) is 0 Å². The second-order valence-electron chi connectivity index (χ2n) is 9.43. The fourth-order valence-electron chi connectivity index (χ4n) is 4.59. The van der Waals surface area contributed by atoms with Crippen LogP contribution in [0.5, 0.6) is 0 Å². The lowest BCUT2D eigenvalue weighted by atomic mass is 10.1. The number of hydrogen-bond donors (Lipinski definition) is 0. The monoisotopic (exact) mass is 576 g/mol. The van der Waals surface area contributed by atoms with Gasteiger partial charge in [-0.15, -0.1) is 18.7 Å². The van der Waals surface area contributed by atoms with Crippen LogP contribution >= 0.6 is 0 Å². The number of aryl methyl sites for hydroxylation is 8. The lowest BCUT2D eigenvalue weighted by Gasteiger charge is -2.05. The summed E-state index contributed by atoms with van der Waals surface area (Å²) in [6.07, 6.45) is 4.17. The highest BCUT2D eigenvalue weighted by atomic mass is 19.5. The molecule has 16 heteroatoms. The number of aromatic nitrogens is 6. The van der Waals surface area contributed by atoms with Crippen LogP contribution in [-0.2, 0) is 14.1 Å². The van der Waals surface area contributed by atoms with Crippen LogP contribution in [0.3, 0.4) is 0 Å². The molecule has 0 unspecified atom stereocenters. The smallest absolute Gasteiger partial charge is 0.418 e. The van der Waals surface area contributed by atoms with Crippen molar-refractivity contribution >= 4 is 14.5 Å². The summed E-state index contributed by atoms with van der Waals surface area (Å²) >= 11 is 0. The van der Waals surface area contributed by atoms with Crippen LogP contribution in [0.15, 0.2) is 36.7 Å². The predicted octanol–water partition coefficient (Wildman–Crippen LogP) is 5.82. The molecule has 0 N–H and O–H groups in total. The van der Waals surface area contributed by atoms with E-state index in [0.717, 1.165) is 22.8 Å². The molecule has 4 aromatic rings. The van der Waals surface area contributed by atoms with E-state index in [1.807, 2.05) is 32.8 Å². The van der Waals surface area contributed by atoms with Gasteiger partial charge in [0.1, 0.15) is 14.1 Å².